The molecule has 26 rings (SSSR count). The summed E-state index contributed by atoms with van der Waals surface area (Å²) in [4.78, 5) is 26.2. The summed E-state index contributed by atoms with van der Waals surface area (Å²) in [6, 6.07) is 89.3. The van der Waals surface area contributed by atoms with Gasteiger partial charge < -0.3 is 27.4 Å². The summed E-state index contributed by atoms with van der Waals surface area (Å²) < 4.78 is 14.9. The molecule has 6 aromatic heterocycles. The van der Waals surface area contributed by atoms with E-state index in [2.05, 4.69) is 349 Å². The summed E-state index contributed by atoms with van der Waals surface area (Å²) in [6.45, 7) is 12.7. The second-order valence-corrected chi connectivity index (χ2v) is 32.7. The fraction of sp³-hybridized carbons (Fsp3) is 0.0755. The van der Waals surface area contributed by atoms with Crippen molar-refractivity contribution < 1.29 is 0 Å². The molecule has 0 atom stereocenters. The van der Waals surface area contributed by atoms with Crippen molar-refractivity contribution in [3.8, 4) is 112 Å². The Hall–Kier alpha value is -14.7. The minimum Gasteiger partial charge on any atom is -0.341 e. The fourth-order valence-corrected chi connectivity index (χ4v) is 22.0. The van der Waals surface area contributed by atoms with Crippen LogP contribution in [0.4, 0.5) is 0 Å². The van der Waals surface area contributed by atoms with Crippen molar-refractivity contribution in [3.63, 3.8) is 0 Å². The first kappa shape index (κ1) is 69.6. The number of hydrogen-bond acceptors (Lipinski definition) is 8. The maximum absolute atomic E-state index is 4.41. The predicted molar refractivity (Wildman–Crippen MR) is 501 cm³/mol. The number of benzene rings is 14. The van der Waals surface area contributed by atoms with Gasteiger partial charge in [-0.25, -0.2) is 19.9 Å². The van der Waals surface area contributed by atoms with Gasteiger partial charge in [0.25, 0.3) is 0 Å². The maximum atomic E-state index is 4.41. The lowest BCUT2D eigenvalue weighted by Crippen LogP contribution is -2.11. The number of hydrogen-bond donors (Lipinski definition) is 0. The van der Waals surface area contributed by atoms with E-state index in [0.717, 1.165) is 81.9 Å². The number of para-hydroxylation sites is 2. The van der Waals surface area contributed by atoms with E-state index in [1.807, 2.05) is 49.6 Å². The fourth-order valence-electron chi connectivity index (χ4n) is 20.7. The molecule has 0 saturated carbocycles. The number of aromatic nitrogens is 12. The molecular weight excluding hydrogens is 1510 g/mol. The highest BCUT2D eigenvalue weighted by Gasteiger charge is 2.34. The molecule has 20 aromatic rings. The van der Waals surface area contributed by atoms with E-state index in [1.54, 1.807) is 35.3 Å². The van der Waals surface area contributed by atoms with Crippen LogP contribution < -0.4 is 0 Å². The Balaban J connectivity index is 0.000000103. The Kier molecular flexibility index (Phi) is 15.9. The number of thiophene rings is 2. The standard InChI is InChI=1S/C40H24N6.C34H26N4.C32H24N2S2/c1-3-9-27(10-4-1)45-33-15-7-13-29-32(26-21-43-24-44-22-26)18-36-40(37(29)33)39-35(45)17-31(25-19-41-23-42-20-25)30-14-8-16-34(38(30)39)46(36)28-11-5-2-6-12-28;1-3-37-27-9-5-7-23-26(22-13-17-36-18-14-22)20-30-34(31(23)27)33-29(37)19-25(21-11-15-35-16-12-21)24-8-6-10-28(32(24)33)38(30)4-2;1-3-33-25-9-5-7-21-24(20-12-14-36-18-20)16-28-32(29(21)25)31-27(33)15-23(19-11-13-35-17-19)22-8-6-10-26(30(22)31)34(28)4-2/h1-24H;5-20H,3-4H2,1-2H3;5-18H,3-4H2,1-2H3. The van der Waals surface area contributed by atoms with Crippen LogP contribution in [-0.2, 0) is 26.2 Å². The quantitative estimate of drug-likeness (QED) is 0.0891. The Labute approximate surface area is 697 Å². The summed E-state index contributed by atoms with van der Waals surface area (Å²) in [5.74, 6) is 0. The molecule has 0 spiro atoms. The first-order chi connectivity index (χ1) is 59.5. The molecule has 12 nitrogen and oxygen atoms in total. The third-order valence-corrected chi connectivity index (χ3v) is 26.8. The largest absolute Gasteiger partial charge is 0.341 e. The highest BCUT2D eigenvalue weighted by molar-refractivity contribution is 7.08. The van der Waals surface area contributed by atoms with Crippen molar-refractivity contribution in [1.82, 2.24) is 57.3 Å². The van der Waals surface area contributed by atoms with Gasteiger partial charge in [-0.1, -0.05) is 109 Å². The van der Waals surface area contributed by atoms with E-state index in [1.165, 1.54) is 187 Å². The van der Waals surface area contributed by atoms with Crippen LogP contribution in [0.2, 0.25) is 0 Å². The molecule has 14 heteroatoms. The highest BCUT2D eigenvalue weighted by Crippen LogP contribution is 2.57. The predicted octanol–water partition coefficient (Wildman–Crippen LogP) is 27.9. The van der Waals surface area contributed by atoms with E-state index in [4.69, 9.17) is 0 Å². The SMILES string of the molecule is CCn1c2cc(-c3ccncc3)c3cccc4c3c2-c2c3c(cccc31)c(-c1ccncc1)cc2n4CC.CCn1c2cc(-c3ccsc3)c3cccc4c3c2-c2c3c(cccc31)c(-c1ccsc1)cc2n4CC.c1ccc(-n2c3cc(-c4cncnc4)c4cccc5c4c3-c3c4c(cccc42)c(-c2cncnc2)cc3n5-c2ccccc2)cc1. The monoisotopic (exact) mass is 1580 g/mol. The van der Waals surface area contributed by atoms with Gasteiger partial charge in [0.1, 0.15) is 12.7 Å². The Morgan fingerprint density at radius 3 is 0.792 bits per heavy atom. The molecule has 0 bridgehead atoms. The summed E-state index contributed by atoms with van der Waals surface area (Å²) in [7, 11) is 0. The number of nitrogens with zero attached hydrogens (tertiary/aromatic N) is 12. The van der Waals surface area contributed by atoms with Crippen molar-refractivity contribution >= 4 is 154 Å². The first-order valence-electron chi connectivity index (χ1n) is 41.2. The lowest BCUT2D eigenvalue weighted by Gasteiger charge is -2.30. The van der Waals surface area contributed by atoms with Crippen LogP contribution in [0.15, 0.2) is 326 Å². The smallest absolute Gasteiger partial charge is 0.115 e. The van der Waals surface area contributed by atoms with Gasteiger partial charge in [0.05, 0.1) is 44.1 Å². The summed E-state index contributed by atoms with van der Waals surface area (Å²) >= 11 is 3.54. The zero-order valence-electron chi connectivity index (χ0n) is 66.2. The van der Waals surface area contributed by atoms with Crippen LogP contribution in [0.3, 0.4) is 0 Å². The molecule has 12 heterocycles. The van der Waals surface area contributed by atoms with Crippen molar-refractivity contribution in [2.75, 3.05) is 0 Å². The highest BCUT2D eigenvalue weighted by atomic mass is 32.1. The van der Waals surface area contributed by atoms with E-state index in [9.17, 15) is 0 Å². The molecular formula is C106H74N12S2. The number of aryl methyl sites for hydroxylation is 4. The first-order valence-corrected chi connectivity index (χ1v) is 43.1. The zero-order valence-corrected chi connectivity index (χ0v) is 67.8. The molecule has 0 radical (unpaired) electrons. The molecule has 6 aliphatic rings. The Bertz CT molecular complexity index is 7800. The van der Waals surface area contributed by atoms with Crippen molar-refractivity contribution in [2.24, 2.45) is 0 Å². The van der Waals surface area contributed by atoms with E-state index >= 15 is 0 Å². The molecule has 0 fully saturated rings. The number of pyridine rings is 8. The third kappa shape index (κ3) is 10.1. The van der Waals surface area contributed by atoms with Crippen LogP contribution in [0.1, 0.15) is 27.7 Å². The van der Waals surface area contributed by atoms with Gasteiger partial charge in [-0.3, -0.25) is 9.97 Å². The minimum atomic E-state index is 0.890. The zero-order chi connectivity index (χ0) is 79.5. The van der Waals surface area contributed by atoms with Crippen LogP contribution in [0.5, 0.6) is 0 Å². The molecule has 570 valence electrons. The van der Waals surface area contributed by atoms with E-state index in [-0.39, 0.29) is 0 Å². The third-order valence-electron chi connectivity index (χ3n) is 25.4. The molecule has 14 aromatic carbocycles. The summed E-state index contributed by atoms with van der Waals surface area (Å²) in [5, 5.41) is 24.4. The van der Waals surface area contributed by atoms with Gasteiger partial charge in [0, 0.05) is 186 Å². The molecule has 0 N–H and O–H groups in total. The number of rotatable bonds is 12. The summed E-state index contributed by atoms with van der Waals surface area (Å²) in [5.41, 5.74) is 39.5. The topological polar surface area (TPSA) is 107 Å². The molecule has 0 amide bonds. The molecule has 0 saturated heterocycles. The van der Waals surface area contributed by atoms with Gasteiger partial charge in [-0.2, -0.15) is 22.7 Å². The van der Waals surface area contributed by atoms with Crippen LogP contribution in [-0.4, -0.2) is 57.3 Å². The normalized spacial score (nSPS) is 12.1. The molecule has 0 aliphatic carbocycles. The molecule has 6 aliphatic heterocycles. The van der Waals surface area contributed by atoms with Crippen LogP contribution in [0, 0.1) is 0 Å². The Morgan fingerprint density at radius 1 is 0.233 bits per heavy atom. The van der Waals surface area contributed by atoms with Gasteiger partial charge in [0.15, 0.2) is 0 Å². The second kappa shape index (κ2) is 27.5. The van der Waals surface area contributed by atoms with Crippen molar-refractivity contribution in [1.29, 1.82) is 0 Å². The van der Waals surface area contributed by atoms with Crippen molar-refractivity contribution in [2.45, 2.75) is 53.9 Å². The van der Waals surface area contributed by atoms with Gasteiger partial charge >= 0.3 is 0 Å². The average Bonchev–Trinajstić information content (AvgIpc) is 0.706. The van der Waals surface area contributed by atoms with E-state index in [0.29, 0.717) is 0 Å². The summed E-state index contributed by atoms with van der Waals surface area (Å²) in [6.07, 6.45) is 18.4. The van der Waals surface area contributed by atoms with Gasteiger partial charge in [-0.05, 0) is 271 Å². The molecule has 120 heavy (non-hydrogen) atoms. The molecule has 0 unspecified atom stereocenters. The lowest BCUT2D eigenvalue weighted by atomic mass is 9.83. The van der Waals surface area contributed by atoms with Gasteiger partial charge in [0.2, 0.25) is 0 Å². The van der Waals surface area contributed by atoms with Crippen molar-refractivity contribution in [3.05, 3.63) is 326 Å². The van der Waals surface area contributed by atoms with Crippen LogP contribution in [0.25, 0.3) is 242 Å². The lowest BCUT2D eigenvalue weighted by molar-refractivity contribution is 0.813. The van der Waals surface area contributed by atoms with E-state index < -0.39 is 0 Å². The van der Waals surface area contributed by atoms with Gasteiger partial charge in [-0.15, -0.1) is 0 Å². The Morgan fingerprint density at radius 2 is 0.500 bits per heavy atom. The average molecular weight is 1580 g/mol. The minimum absolute atomic E-state index is 0.890. The van der Waals surface area contributed by atoms with Crippen LogP contribution >= 0.6 is 22.7 Å². The maximum Gasteiger partial charge on any atom is 0.115 e. The second-order valence-electron chi connectivity index (χ2n) is 31.2.